The molecule has 1 aliphatic rings. The van der Waals surface area contributed by atoms with Crippen molar-refractivity contribution in [3.8, 4) is 17.6 Å². The van der Waals surface area contributed by atoms with Gasteiger partial charge in [-0.15, -0.1) is 0 Å². The molecular weight excluding hydrogens is 634 g/mol. The van der Waals surface area contributed by atoms with Crippen LogP contribution >= 0.6 is 7.82 Å². The molecule has 3 aromatic rings. The van der Waals surface area contributed by atoms with Gasteiger partial charge in [0.25, 0.3) is 5.91 Å². The van der Waals surface area contributed by atoms with Gasteiger partial charge in [-0.2, -0.15) is 0 Å². The Balaban J connectivity index is 1.09. The first-order valence-electron chi connectivity index (χ1n) is 16.3. The monoisotopic (exact) mass is 676 g/mol. The highest BCUT2D eigenvalue weighted by Crippen LogP contribution is 2.41. The summed E-state index contributed by atoms with van der Waals surface area (Å²) in [5, 5.41) is 5.42. The van der Waals surface area contributed by atoms with Crippen LogP contribution in [-0.2, 0) is 25.4 Å². The number of fused-ring (bicyclic) bond motifs is 2. The van der Waals surface area contributed by atoms with Gasteiger partial charge in [-0.1, -0.05) is 72.7 Å². The molecule has 0 heterocycles. The number of halogens is 1. The standard InChI is InChI=1S/C37H42FN2O7P/c1-26-18-21-34(47-48(44,45)46)32(24-26)36(38)37(43)40-23-11-3-2-10-22-39-35(42)17-9-8-16-33(41)31-25-29-14-5-4-12-27(29)19-20-28-13-6-7-15-30(28)31/h4-7,12-15,18,21,24,31,36H,2-3,8-11,16-17,22-23,25H2,1H3,(H,39,42)(H,40,43)(H2,44,45,46). The average Bonchev–Trinajstić information content (AvgIpc) is 3.05. The molecule has 2 amide bonds. The number of carbonyl (C=O) groups excluding carboxylic acids is 3. The summed E-state index contributed by atoms with van der Waals surface area (Å²) in [5.41, 5.74) is 4.22. The predicted octanol–water partition coefficient (Wildman–Crippen LogP) is 6.14. The zero-order chi connectivity index (χ0) is 34.5. The van der Waals surface area contributed by atoms with Gasteiger partial charge in [0.05, 0.1) is 0 Å². The SMILES string of the molecule is Cc1ccc(OP(=O)(O)O)c(C(F)C(=O)NCCCCCCNC(=O)CCCCC(=O)C2Cc3ccccc3C#Cc3ccccc32)c1. The Morgan fingerprint density at radius 1 is 0.875 bits per heavy atom. The van der Waals surface area contributed by atoms with Gasteiger partial charge in [0.1, 0.15) is 11.5 Å². The van der Waals surface area contributed by atoms with Gasteiger partial charge in [-0.25, -0.2) is 8.96 Å². The summed E-state index contributed by atoms with van der Waals surface area (Å²) in [4.78, 5) is 56.2. The van der Waals surface area contributed by atoms with Crippen molar-refractivity contribution in [3.05, 3.63) is 100 Å². The minimum atomic E-state index is -4.92. The fourth-order valence-corrected chi connectivity index (χ4v) is 6.11. The Morgan fingerprint density at radius 2 is 1.52 bits per heavy atom. The maximum Gasteiger partial charge on any atom is 0.524 e. The molecule has 0 aromatic heterocycles. The number of unbranched alkanes of at least 4 members (excludes halogenated alkanes) is 4. The molecule has 0 fully saturated rings. The van der Waals surface area contributed by atoms with Crippen LogP contribution in [-0.4, -0.2) is 40.5 Å². The number of benzene rings is 3. The number of phosphoric acid groups is 1. The normalized spacial score (nSPS) is 14.2. The van der Waals surface area contributed by atoms with E-state index < -0.39 is 19.9 Å². The molecule has 0 saturated carbocycles. The molecule has 4 rings (SSSR count). The molecule has 9 nitrogen and oxygen atoms in total. The number of aryl methyl sites for hydroxylation is 1. The van der Waals surface area contributed by atoms with Crippen LogP contribution in [0.2, 0.25) is 0 Å². The third-order valence-electron chi connectivity index (χ3n) is 8.19. The summed E-state index contributed by atoms with van der Waals surface area (Å²) in [5.74, 6) is 5.02. The molecular formula is C37H42FN2O7P. The Labute approximate surface area is 280 Å². The number of hydrogen-bond acceptors (Lipinski definition) is 5. The first-order chi connectivity index (χ1) is 23.0. The van der Waals surface area contributed by atoms with E-state index in [2.05, 4.69) is 27.0 Å². The second-order valence-corrected chi connectivity index (χ2v) is 13.1. The summed E-state index contributed by atoms with van der Waals surface area (Å²) < 4.78 is 30.6. The summed E-state index contributed by atoms with van der Waals surface area (Å²) in [6, 6.07) is 19.8. The maximum atomic E-state index is 14.9. The third-order valence-corrected chi connectivity index (χ3v) is 8.62. The molecule has 0 aliphatic heterocycles. The Bertz CT molecular complexity index is 1710. The van der Waals surface area contributed by atoms with E-state index in [-0.39, 0.29) is 35.5 Å². The van der Waals surface area contributed by atoms with E-state index in [4.69, 9.17) is 9.79 Å². The topological polar surface area (TPSA) is 142 Å². The fourth-order valence-electron chi connectivity index (χ4n) is 5.69. The van der Waals surface area contributed by atoms with Crippen molar-refractivity contribution in [1.29, 1.82) is 0 Å². The lowest BCUT2D eigenvalue weighted by atomic mass is 9.82. The molecule has 11 heteroatoms. The molecule has 1 aliphatic carbocycles. The van der Waals surface area contributed by atoms with Gasteiger partial charge >= 0.3 is 7.82 Å². The zero-order valence-corrected chi connectivity index (χ0v) is 27.9. The number of ketones is 1. The second-order valence-electron chi connectivity index (χ2n) is 12.0. The number of nitrogens with one attached hydrogen (secondary N) is 2. The van der Waals surface area contributed by atoms with E-state index in [1.807, 2.05) is 48.5 Å². The van der Waals surface area contributed by atoms with E-state index in [0.29, 0.717) is 50.6 Å². The van der Waals surface area contributed by atoms with Crippen LogP contribution in [0.1, 0.15) is 96.8 Å². The van der Waals surface area contributed by atoms with Gasteiger partial charge in [-0.05, 0) is 74.4 Å². The molecule has 3 aromatic carbocycles. The van der Waals surface area contributed by atoms with Crippen LogP contribution < -0.4 is 15.2 Å². The summed E-state index contributed by atoms with van der Waals surface area (Å²) in [7, 11) is -4.92. The van der Waals surface area contributed by atoms with Crippen LogP contribution in [0.4, 0.5) is 4.39 Å². The van der Waals surface area contributed by atoms with Gasteiger partial charge in [0, 0.05) is 48.5 Å². The highest BCUT2D eigenvalue weighted by molar-refractivity contribution is 7.46. The van der Waals surface area contributed by atoms with E-state index in [1.165, 1.54) is 18.2 Å². The number of carbonyl (C=O) groups is 3. The van der Waals surface area contributed by atoms with Crippen LogP contribution in [0.3, 0.4) is 0 Å². The number of alkyl halides is 1. The van der Waals surface area contributed by atoms with Crippen molar-refractivity contribution in [2.24, 2.45) is 0 Å². The van der Waals surface area contributed by atoms with Crippen molar-refractivity contribution in [2.45, 2.75) is 76.8 Å². The number of amides is 2. The smallest absolute Gasteiger partial charge is 0.404 e. The zero-order valence-electron chi connectivity index (χ0n) is 27.0. The van der Waals surface area contributed by atoms with E-state index in [1.54, 1.807) is 6.92 Å². The summed E-state index contributed by atoms with van der Waals surface area (Å²) in [6.07, 6.45) is 3.37. The molecule has 0 spiro atoms. The van der Waals surface area contributed by atoms with E-state index >= 15 is 0 Å². The highest BCUT2D eigenvalue weighted by Gasteiger charge is 2.27. The molecule has 0 radical (unpaired) electrons. The first kappa shape index (κ1) is 36.5. The van der Waals surface area contributed by atoms with E-state index in [9.17, 15) is 23.3 Å². The van der Waals surface area contributed by atoms with E-state index in [0.717, 1.165) is 41.5 Å². The number of Topliss-reactive ketones (excluding diaryl/α,β-unsaturated/α-hetero) is 1. The Kier molecular flexibility index (Phi) is 13.5. The average molecular weight is 677 g/mol. The van der Waals surface area contributed by atoms with Crippen molar-refractivity contribution in [2.75, 3.05) is 13.1 Å². The Hall–Kier alpha value is -4.29. The van der Waals surface area contributed by atoms with Gasteiger partial charge < -0.3 is 15.2 Å². The molecule has 2 unspecified atom stereocenters. The first-order valence-corrected chi connectivity index (χ1v) is 17.8. The third kappa shape index (κ3) is 11.2. The molecule has 0 bridgehead atoms. The summed E-state index contributed by atoms with van der Waals surface area (Å²) >= 11 is 0. The van der Waals surface area contributed by atoms with Crippen molar-refractivity contribution in [1.82, 2.24) is 10.6 Å². The van der Waals surface area contributed by atoms with Crippen LogP contribution in [0, 0.1) is 18.8 Å². The molecule has 48 heavy (non-hydrogen) atoms. The summed E-state index contributed by atoms with van der Waals surface area (Å²) in [6.45, 7) is 2.42. The minimum absolute atomic E-state index is 0.0533. The van der Waals surface area contributed by atoms with Crippen molar-refractivity contribution >= 4 is 25.4 Å². The van der Waals surface area contributed by atoms with Crippen LogP contribution in [0.5, 0.6) is 5.75 Å². The number of rotatable bonds is 17. The lowest BCUT2D eigenvalue weighted by Crippen LogP contribution is -2.28. The molecule has 2 atom stereocenters. The Morgan fingerprint density at radius 3 is 2.27 bits per heavy atom. The fraction of sp³-hybridized carbons (Fsp3) is 0.378. The minimum Gasteiger partial charge on any atom is -0.404 e. The van der Waals surface area contributed by atoms with Crippen molar-refractivity contribution < 1.29 is 37.6 Å². The van der Waals surface area contributed by atoms with Gasteiger partial charge in [0.2, 0.25) is 12.1 Å². The number of phosphoric ester groups is 1. The lowest BCUT2D eigenvalue weighted by Gasteiger charge is -2.20. The molecule has 254 valence electrons. The number of hydrogen-bond donors (Lipinski definition) is 4. The van der Waals surface area contributed by atoms with Crippen LogP contribution in [0.25, 0.3) is 0 Å². The second kappa shape index (κ2) is 17.7. The molecule has 4 N–H and O–H groups in total. The maximum absolute atomic E-state index is 14.9. The largest absolute Gasteiger partial charge is 0.524 e. The van der Waals surface area contributed by atoms with Gasteiger partial charge in [-0.3, -0.25) is 24.2 Å². The highest BCUT2D eigenvalue weighted by atomic mass is 31.2. The quantitative estimate of drug-likeness (QED) is 0.0765. The predicted molar refractivity (Wildman–Crippen MR) is 181 cm³/mol. The van der Waals surface area contributed by atoms with Gasteiger partial charge in [0.15, 0.2) is 0 Å². The van der Waals surface area contributed by atoms with Crippen LogP contribution in [0.15, 0.2) is 66.7 Å². The van der Waals surface area contributed by atoms with Crippen molar-refractivity contribution in [3.63, 3.8) is 0 Å². The lowest BCUT2D eigenvalue weighted by molar-refractivity contribution is -0.126. The molecule has 0 saturated heterocycles.